The summed E-state index contributed by atoms with van der Waals surface area (Å²) >= 11 is -0.525. The zero-order valence-corrected chi connectivity index (χ0v) is 18.4. The zero-order valence-electron chi connectivity index (χ0n) is 14.4. The van der Waals surface area contributed by atoms with E-state index in [2.05, 4.69) is 52.8 Å². The number of halogens is 2. The zero-order chi connectivity index (χ0) is 14.7. The molecular formula is C19H27Cl2Zr. The molecule has 0 amide bonds. The second kappa shape index (κ2) is 10.2. The van der Waals surface area contributed by atoms with Crippen LogP contribution in [0.2, 0.25) is 0 Å². The van der Waals surface area contributed by atoms with Crippen LogP contribution in [0.15, 0.2) is 43.8 Å². The van der Waals surface area contributed by atoms with Gasteiger partial charge in [-0.15, -0.1) is 0 Å². The quantitative estimate of drug-likeness (QED) is 0.571. The van der Waals surface area contributed by atoms with Crippen molar-refractivity contribution in [2.75, 3.05) is 0 Å². The van der Waals surface area contributed by atoms with E-state index in [0.717, 1.165) is 0 Å². The monoisotopic (exact) mass is 415 g/mol. The van der Waals surface area contributed by atoms with Gasteiger partial charge in [0, 0.05) is 0 Å². The van der Waals surface area contributed by atoms with Crippen molar-refractivity contribution < 1.29 is 47.6 Å². The van der Waals surface area contributed by atoms with Crippen molar-refractivity contribution in [2.24, 2.45) is 5.92 Å². The Kier molecular flexibility index (Phi) is 10.4. The van der Waals surface area contributed by atoms with Crippen LogP contribution in [-0.4, -0.2) is 3.21 Å². The van der Waals surface area contributed by atoms with Gasteiger partial charge in [0.2, 0.25) is 0 Å². The number of hydrogen-bond donors (Lipinski definition) is 0. The van der Waals surface area contributed by atoms with Crippen molar-refractivity contribution in [1.82, 2.24) is 0 Å². The standard InChI is InChI=1S/C16H21.C3H6.2ClH.Zr/c1-4-12-11-16(13-9-7-8-10-13)15(6-3)14(12)5-2;1-3-2;;;/h7-9,16H,4-6,10H2,1-3H3;1-2H3;2*1H;/q;;;;+2/p-2. The maximum absolute atomic E-state index is 2.39. The van der Waals surface area contributed by atoms with Crippen LogP contribution in [0.4, 0.5) is 0 Å². The van der Waals surface area contributed by atoms with Gasteiger partial charge in [-0.05, 0) is 0 Å². The molecule has 2 aliphatic rings. The van der Waals surface area contributed by atoms with Gasteiger partial charge in [0.15, 0.2) is 0 Å². The van der Waals surface area contributed by atoms with Crippen LogP contribution in [0.5, 0.6) is 0 Å². The van der Waals surface area contributed by atoms with Crippen LogP contribution in [-0.2, 0) is 22.8 Å². The summed E-state index contributed by atoms with van der Waals surface area (Å²) in [4.78, 5) is 0. The molecule has 0 saturated carbocycles. The van der Waals surface area contributed by atoms with E-state index in [0.29, 0.717) is 5.92 Å². The maximum Gasteiger partial charge on any atom is -1.00 e. The summed E-state index contributed by atoms with van der Waals surface area (Å²) in [5.74, 6) is 0.682. The SMILES string of the molecule is CCC1=C(CC)C(C2=CC=CC2)[C]([Zr+2]=[C](C)C)=C1CC.[Cl-].[Cl-]. The van der Waals surface area contributed by atoms with E-state index < -0.39 is 22.8 Å². The van der Waals surface area contributed by atoms with Crippen molar-refractivity contribution in [1.29, 1.82) is 0 Å². The van der Waals surface area contributed by atoms with Crippen molar-refractivity contribution in [2.45, 2.75) is 60.3 Å². The largest absolute Gasteiger partial charge is 1.00 e. The van der Waals surface area contributed by atoms with Gasteiger partial charge in [-0.3, -0.25) is 0 Å². The summed E-state index contributed by atoms with van der Waals surface area (Å²) in [5.41, 5.74) is 6.87. The molecule has 121 valence electrons. The number of hydrogen-bond acceptors (Lipinski definition) is 0. The van der Waals surface area contributed by atoms with Crippen molar-refractivity contribution >= 4 is 3.21 Å². The van der Waals surface area contributed by atoms with Crippen LogP contribution < -0.4 is 24.8 Å². The molecule has 0 nitrogen and oxygen atoms in total. The van der Waals surface area contributed by atoms with Gasteiger partial charge in [0.25, 0.3) is 0 Å². The molecule has 22 heavy (non-hydrogen) atoms. The Morgan fingerprint density at radius 3 is 2.09 bits per heavy atom. The first kappa shape index (κ1) is 22.3. The van der Waals surface area contributed by atoms with Gasteiger partial charge in [0.05, 0.1) is 0 Å². The molecule has 0 saturated heterocycles. The molecule has 0 bridgehead atoms. The molecule has 0 aromatic heterocycles. The normalized spacial score (nSPS) is 19.7. The molecule has 2 aliphatic carbocycles. The molecule has 0 aromatic rings. The Hall–Kier alpha value is 0.293. The minimum Gasteiger partial charge on any atom is -1.00 e. The van der Waals surface area contributed by atoms with Crippen LogP contribution in [0.25, 0.3) is 0 Å². The molecule has 0 radical (unpaired) electrons. The molecular weight excluding hydrogens is 390 g/mol. The molecule has 3 heteroatoms. The summed E-state index contributed by atoms with van der Waals surface area (Å²) < 4.78 is 3.58. The van der Waals surface area contributed by atoms with Crippen LogP contribution >= 0.6 is 0 Å². The predicted molar refractivity (Wildman–Crippen MR) is 86.6 cm³/mol. The maximum atomic E-state index is 2.39. The third kappa shape index (κ3) is 4.43. The number of rotatable bonds is 5. The third-order valence-corrected chi connectivity index (χ3v) is 7.70. The molecule has 0 spiro atoms. The van der Waals surface area contributed by atoms with E-state index in [-0.39, 0.29) is 24.8 Å². The van der Waals surface area contributed by atoms with E-state index in [4.69, 9.17) is 0 Å². The van der Waals surface area contributed by atoms with Gasteiger partial charge in [-0.1, -0.05) is 0 Å². The fourth-order valence-corrected chi connectivity index (χ4v) is 7.38. The van der Waals surface area contributed by atoms with Crippen LogP contribution in [0, 0.1) is 5.92 Å². The van der Waals surface area contributed by atoms with Gasteiger partial charge in [-0.2, -0.15) is 0 Å². The molecule has 0 aliphatic heterocycles. The first-order chi connectivity index (χ1) is 9.63. The topological polar surface area (TPSA) is 0 Å². The Morgan fingerprint density at radius 1 is 1.05 bits per heavy atom. The van der Waals surface area contributed by atoms with Gasteiger partial charge < -0.3 is 24.8 Å². The van der Waals surface area contributed by atoms with E-state index >= 15 is 0 Å². The van der Waals surface area contributed by atoms with Gasteiger partial charge >= 0.3 is 136 Å². The van der Waals surface area contributed by atoms with Crippen molar-refractivity contribution in [3.05, 3.63) is 43.8 Å². The van der Waals surface area contributed by atoms with E-state index in [1.54, 1.807) is 25.5 Å². The first-order valence-electron chi connectivity index (χ1n) is 8.02. The van der Waals surface area contributed by atoms with Gasteiger partial charge in [0.1, 0.15) is 0 Å². The van der Waals surface area contributed by atoms with E-state index in [1.807, 2.05) is 3.28 Å². The third-order valence-electron chi connectivity index (χ3n) is 4.36. The average molecular weight is 418 g/mol. The smallest absolute Gasteiger partial charge is 1.00 e. The summed E-state index contributed by atoms with van der Waals surface area (Å²) in [7, 11) is 0. The predicted octanol–water partition coefficient (Wildman–Crippen LogP) is -0.414. The van der Waals surface area contributed by atoms with E-state index in [1.165, 1.54) is 25.7 Å². The number of allylic oxidation sites excluding steroid dienone is 8. The van der Waals surface area contributed by atoms with Crippen molar-refractivity contribution in [3.63, 3.8) is 0 Å². The summed E-state index contributed by atoms with van der Waals surface area (Å²) in [5, 5.41) is 0. The molecule has 1 atom stereocenters. The second-order valence-corrected chi connectivity index (χ2v) is 10.3. The fraction of sp³-hybridized carbons (Fsp3) is 0.526. The molecule has 0 heterocycles. The van der Waals surface area contributed by atoms with Gasteiger partial charge in [-0.25, -0.2) is 0 Å². The first-order valence-corrected chi connectivity index (χ1v) is 10.5. The molecule has 1 unspecified atom stereocenters. The summed E-state index contributed by atoms with van der Waals surface area (Å²) in [6, 6.07) is 0. The average Bonchev–Trinajstić information content (AvgIpc) is 3.02. The minimum atomic E-state index is -0.525. The minimum absolute atomic E-state index is 0. The summed E-state index contributed by atoms with van der Waals surface area (Å²) in [6.07, 6.45) is 11.8. The van der Waals surface area contributed by atoms with Crippen LogP contribution in [0.3, 0.4) is 0 Å². The van der Waals surface area contributed by atoms with Crippen molar-refractivity contribution in [3.8, 4) is 0 Å². The van der Waals surface area contributed by atoms with E-state index in [9.17, 15) is 0 Å². The Morgan fingerprint density at radius 2 is 1.68 bits per heavy atom. The summed E-state index contributed by atoms with van der Waals surface area (Å²) in [6.45, 7) is 11.7. The fourth-order valence-electron chi connectivity index (χ4n) is 3.64. The molecule has 0 fully saturated rings. The second-order valence-electron chi connectivity index (χ2n) is 5.89. The Labute approximate surface area is 160 Å². The Balaban J connectivity index is 0.00000220. The molecule has 2 rings (SSSR count). The molecule has 0 aromatic carbocycles. The Bertz CT molecular complexity index is 544. The van der Waals surface area contributed by atoms with Crippen LogP contribution in [0.1, 0.15) is 60.3 Å². The molecule has 0 N–H and O–H groups in total.